The molecule has 0 bridgehead atoms. The predicted octanol–water partition coefficient (Wildman–Crippen LogP) is 7.98. The minimum atomic E-state index is -0.659. The normalized spacial score (nSPS) is 9.31. The zero-order chi connectivity index (χ0) is 26.7. The summed E-state index contributed by atoms with van der Waals surface area (Å²) in [6.07, 6.45) is 23.0. The molecule has 0 unspecified atom stereocenters. The third-order valence-electron chi connectivity index (χ3n) is 4.99. The van der Waals surface area contributed by atoms with Crippen LogP contribution in [0.3, 0.4) is 0 Å². The SMILES string of the molecule is CCCCCCCCCCCC(=O)O.CCCCCCCCCCCC(=O)O.CCO.CCO.[Ti]. The molecule has 0 aliphatic rings. The smallest absolute Gasteiger partial charge is 0.303 e. The van der Waals surface area contributed by atoms with Crippen LogP contribution in [-0.4, -0.2) is 45.6 Å². The minimum absolute atomic E-state index is 0. The minimum Gasteiger partial charge on any atom is -0.481 e. The van der Waals surface area contributed by atoms with E-state index in [4.69, 9.17) is 20.4 Å². The van der Waals surface area contributed by atoms with Crippen LogP contribution in [0.4, 0.5) is 0 Å². The van der Waals surface area contributed by atoms with Crippen LogP contribution in [0.5, 0.6) is 0 Å². The van der Waals surface area contributed by atoms with E-state index in [-0.39, 0.29) is 34.9 Å². The molecule has 0 spiro atoms. The first-order valence-corrected chi connectivity index (χ1v) is 14.0. The maximum atomic E-state index is 10.2. The topological polar surface area (TPSA) is 115 Å². The Kier molecular flexibility index (Phi) is 59.7. The number of hydrogen-bond donors (Lipinski definition) is 4. The molecular formula is C28H60O6Ti. The van der Waals surface area contributed by atoms with Gasteiger partial charge in [0.15, 0.2) is 0 Å². The molecule has 35 heavy (non-hydrogen) atoms. The van der Waals surface area contributed by atoms with E-state index in [2.05, 4.69) is 13.8 Å². The van der Waals surface area contributed by atoms with Crippen molar-refractivity contribution in [1.82, 2.24) is 0 Å². The summed E-state index contributed by atoms with van der Waals surface area (Å²) in [7, 11) is 0. The molecule has 6 nitrogen and oxygen atoms in total. The van der Waals surface area contributed by atoms with Gasteiger partial charge < -0.3 is 20.4 Å². The van der Waals surface area contributed by atoms with Crippen molar-refractivity contribution in [3.8, 4) is 0 Å². The Balaban J connectivity index is -0.000000136. The number of rotatable bonds is 20. The van der Waals surface area contributed by atoms with E-state index in [1.807, 2.05) is 0 Å². The van der Waals surface area contributed by atoms with Crippen molar-refractivity contribution in [2.24, 2.45) is 0 Å². The first kappa shape index (κ1) is 44.6. The molecule has 0 rings (SSSR count). The molecule has 0 atom stereocenters. The summed E-state index contributed by atoms with van der Waals surface area (Å²) in [5.74, 6) is -1.32. The first-order valence-electron chi connectivity index (χ1n) is 14.0. The average molecular weight is 541 g/mol. The first-order chi connectivity index (χ1) is 16.4. The zero-order valence-corrected chi connectivity index (χ0v) is 25.2. The van der Waals surface area contributed by atoms with Crippen molar-refractivity contribution in [2.45, 2.75) is 156 Å². The number of aliphatic hydroxyl groups is 2. The molecule has 4 N–H and O–H groups in total. The Bertz CT molecular complexity index is 333. The summed E-state index contributed by atoms with van der Waals surface area (Å²) in [5.41, 5.74) is 0. The van der Waals surface area contributed by atoms with Gasteiger partial charge in [0.2, 0.25) is 0 Å². The number of carboxylic acids is 2. The molecule has 0 heterocycles. The maximum Gasteiger partial charge on any atom is 0.303 e. The summed E-state index contributed by atoms with van der Waals surface area (Å²) >= 11 is 0. The molecule has 212 valence electrons. The van der Waals surface area contributed by atoms with Crippen LogP contribution in [0.1, 0.15) is 156 Å². The van der Waals surface area contributed by atoms with Crippen LogP contribution >= 0.6 is 0 Å². The second kappa shape index (κ2) is 46.9. The third kappa shape index (κ3) is 71.9. The monoisotopic (exact) mass is 540 g/mol. The van der Waals surface area contributed by atoms with Crippen LogP contribution in [-0.2, 0) is 31.3 Å². The zero-order valence-electron chi connectivity index (χ0n) is 23.7. The van der Waals surface area contributed by atoms with Crippen molar-refractivity contribution >= 4 is 11.9 Å². The van der Waals surface area contributed by atoms with Gasteiger partial charge in [0.1, 0.15) is 0 Å². The van der Waals surface area contributed by atoms with E-state index in [0.717, 1.165) is 25.7 Å². The fraction of sp³-hybridized carbons (Fsp3) is 0.929. The van der Waals surface area contributed by atoms with Crippen LogP contribution < -0.4 is 0 Å². The van der Waals surface area contributed by atoms with Crippen molar-refractivity contribution in [3.05, 3.63) is 0 Å². The van der Waals surface area contributed by atoms with E-state index in [1.54, 1.807) is 13.8 Å². The van der Waals surface area contributed by atoms with Gasteiger partial charge >= 0.3 is 11.9 Å². The summed E-state index contributed by atoms with van der Waals surface area (Å²) in [6.45, 7) is 8.32. The second-order valence-corrected chi connectivity index (χ2v) is 8.58. The number of hydrogen-bond acceptors (Lipinski definition) is 4. The average Bonchev–Trinajstić information content (AvgIpc) is 2.78. The van der Waals surface area contributed by atoms with E-state index in [0.29, 0.717) is 12.8 Å². The number of unbranched alkanes of at least 4 members (excludes halogenated alkanes) is 16. The molecule has 0 aromatic heterocycles. The van der Waals surface area contributed by atoms with Gasteiger partial charge in [-0.2, -0.15) is 0 Å². The van der Waals surface area contributed by atoms with Gasteiger partial charge in [-0.25, -0.2) is 0 Å². The van der Waals surface area contributed by atoms with Crippen molar-refractivity contribution in [1.29, 1.82) is 0 Å². The number of aliphatic hydroxyl groups excluding tert-OH is 2. The molecule has 0 aliphatic carbocycles. The van der Waals surface area contributed by atoms with Gasteiger partial charge in [-0.1, -0.05) is 117 Å². The quantitative estimate of drug-likeness (QED) is 0.0919. The molecule has 0 aromatic rings. The van der Waals surface area contributed by atoms with Crippen LogP contribution in [0.2, 0.25) is 0 Å². The Morgan fingerprint density at radius 3 is 0.771 bits per heavy atom. The molecule has 0 saturated carbocycles. The van der Waals surface area contributed by atoms with Crippen molar-refractivity contribution in [2.75, 3.05) is 13.2 Å². The molecule has 0 aromatic carbocycles. The third-order valence-corrected chi connectivity index (χ3v) is 4.99. The number of aliphatic carboxylic acids is 2. The van der Waals surface area contributed by atoms with Gasteiger partial charge in [0.25, 0.3) is 0 Å². The number of carbonyl (C=O) groups is 2. The molecule has 7 heteroatoms. The van der Waals surface area contributed by atoms with E-state index >= 15 is 0 Å². The predicted molar refractivity (Wildman–Crippen MR) is 144 cm³/mol. The largest absolute Gasteiger partial charge is 0.481 e. The van der Waals surface area contributed by atoms with Gasteiger partial charge in [0.05, 0.1) is 0 Å². The Hall–Kier alpha value is -0.426. The maximum absolute atomic E-state index is 10.2. The van der Waals surface area contributed by atoms with Crippen molar-refractivity contribution in [3.63, 3.8) is 0 Å². The second-order valence-electron chi connectivity index (χ2n) is 8.58. The van der Waals surface area contributed by atoms with Crippen LogP contribution in [0.15, 0.2) is 0 Å². The summed E-state index contributed by atoms with van der Waals surface area (Å²) in [4.78, 5) is 20.4. The molecule has 0 aliphatic heterocycles. The summed E-state index contributed by atoms with van der Waals surface area (Å²) in [5, 5.41) is 32.0. The Morgan fingerprint density at radius 2 is 0.600 bits per heavy atom. The summed E-state index contributed by atoms with van der Waals surface area (Å²) in [6, 6.07) is 0. The molecule has 0 fully saturated rings. The van der Waals surface area contributed by atoms with Crippen LogP contribution in [0.25, 0.3) is 0 Å². The van der Waals surface area contributed by atoms with Crippen LogP contribution in [0, 0.1) is 0 Å². The molecular weight excluding hydrogens is 480 g/mol. The number of carboxylic acid groups (broad SMARTS) is 2. The van der Waals surface area contributed by atoms with Gasteiger partial charge in [0, 0.05) is 47.8 Å². The molecule has 0 radical (unpaired) electrons. The standard InChI is InChI=1S/2C12H24O2.2C2H6O.Ti/c2*1-2-3-4-5-6-7-8-9-10-11-12(13)14;2*1-2-3;/h2*2-11H2,1H3,(H,13,14);2*3H,2H2,1H3;. The fourth-order valence-electron chi connectivity index (χ4n) is 3.17. The van der Waals surface area contributed by atoms with E-state index < -0.39 is 11.9 Å². The van der Waals surface area contributed by atoms with Gasteiger partial charge in [-0.3, -0.25) is 9.59 Å². The van der Waals surface area contributed by atoms with Crippen molar-refractivity contribution < 1.29 is 51.7 Å². The Labute approximate surface area is 232 Å². The van der Waals surface area contributed by atoms with E-state index in [9.17, 15) is 9.59 Å². The van der Waals surface area contributed by atoms with Gasteiger partial charge in [-0.15, -0.1) is 0 Å². The fourth-order valence-corrected chi connectivity index (χ4v) is 3.17. The molecule has 0 amide bonds. The molecule has 0 saturated heterocycles. The van der Waals surface area contributed by atoms with Gasteiger partial charge in [-0.05, 0) is 26.7 Å². The van der Waals surface area contributed by atoms with E-state index in [1.165, 1.54) is 89.9 Å². The Morgan fingerprint density at radius 1 is 0.429 bits per heavy atom. The summed E-state index contributed by atoms with van der Waals surface area (Å²) < 4.78 is 0.